The number of ether oxygens (including phenoxy) is 3. The van der Waals surface area contributed by atoms with E-state index in [2.05, 4.69) is 0 Å². The smallest absolute Gasteiger partial charge is 0.220 e. The van der Waals surface area contributed by atoms with Gasteiger partial charge >= 0.3 is 0 Å². The summed E-state index contributed by atoms with van der Waals surface area (Å²) in [6.45, 7) is 1.82. The van der Waals surface area contributed by atoms with Crippen molar-refractivity contribution in [2.75, 3.05) is 14.2 Å². The van der Waals surface area contributed by atoms with Crippen LogP contribution < -0.4 is 14.2 Å². The quantitative estimate of drug-likeness (QED) is 0.553. The molecule has 5 rings (SSSR count). The Bertz CT molecular complexity index is 1270. The monoisotopic (exact) mass is 449 g/mol. The first-order valence-corrected chi connectivity index (χ1v) is 10.6. The van der Waals surface area contributed by atoms with Crippen molar-refractivity contribution < 1.29 is 23.8 Å². The van der Waals surface area contributed by atoms with Crippen LogP contribution in [0.2, 0.25) is 5.02 Å². The minimum Gasteiger partial charge on any atom is -0.496 e. The Balaban J connectivity index is 1.77. The SMILES string of the molecule is COc1cc(OC)c2c(c1Cl)O[C@]1(C2=O)c2nc(-c3ccccc3)ccc2C(=O)C[C@H]1C. The third-order valence-corrected chi connectivity index (χ3v) is 6.58. The molecule has 1 aromatic heterocycles. The lowest BCUT2D eigenvalue weighted by Crippen LogP contribution is -2.49. The molecule has 2 heterocycles. The first-order chi connectivity index (χ1) is 15.4. The largest absolute Gasteiger partial charge is 0.496 e. The molecule has 1 aliphatic carbocycles. The van der Waals surface area contributed by atoms with E-state index in [9.17, 15) is 9.59 Å². The summed E-state index contributed by atoms with van der Waals surface area (Å²) in [7, 11) is 2.94. The summed E-state index contributed by atoms with van der Waals surface area (Å²) in [5.74, 6) is -0.0495. The maximum absolute atomic E-state index is 14.0. The zero-order valence-electron chi connectivity index (χ0n) is 17.8. The number of hydrogen-bond acceptors (Lipinski definition) is 6. The van der Waals surface area contributed by atoms with Crippen LogP contribution in [0, 0.1) is 5.92 Å². The van der Waals surface area contributed by atoms with Crippen molar-refractivity contribution in [3.63, 3.8) is 0 Å². The van der Waals surface area contributed by atoms with Crippen LogP contribution in [0.15, 0.2) is 48.5 Å². The van der Waals surface area contributed by atoms with Crippen LogP contribution in [0.4, 0.5) is 0 Å². The van der Waals surface area contributed by atoms with Crippen LogP contribution in [-0.4, -0.2) is 30.8 Å². The molecule has 7 heteroatoms. The van der Waals surface area contributed by atoms with Gasteiger partial charge in [0.25, 0.3) is 0 Å². The Hall–Kier alpha value is -3.38. The summed E-state index contributed by atoms with van der Waals surface area (Å²) >= 11 is 6.54. The third kappa shape index (κ3) is 2.69. The van der Waals surface area contributed by atoms with Crippen molar-refractivity contribution in [1.82, 2.24) is 4.98 Å². The Kier molecular flexibility index (Phi) is 4.71. The molecule has 0 saturated heterocycles. The number of carbonyl (C=O) groups excluding carboxylic acids is 2. The highest BCUT2D eigenvalue weighted by molar-refractivity contribution is 6.35. The second kappa shape index (κ2) is 7.35. The Morgan fingerprint density at radius 2 is 1.78 bits per heavy atom. The molecule has 0 fully saturated rings. The van der Waals surface area contributed by atoms with Crippen molar-refractivity contribution in [2.24, 2.45) is 5.92 Å². The zero-order valence-corrected chi connectivity index (χ0v) is 18.5. The van der Waals surface area contributed by atoms with E-state index in [4.69, 9.17) is 30.8 Å². The molecule has 0 radical (unpaired) electrons. The predicted octanol–water partition coefficient (Wildman–Crippen LogP) is 5.11. The van der Waals surface area contributed by atoms with E-state index >= 15 is 0 Å². The highest BCUT2D eigenvalue weighted by Gasteiger charge is 2.60. The van der Waals surface area contributed by atoms with Gasteiger partial charge in [-0.25, -0.2) is 4.98 Å². The van der Waals surface area contributed by atoms with E-state index in [0.717, 1.165) is 5.56 Å². The van der Waals surface area contributed by atoms with Crippen molar-refractivity contribution in [2.45, 2.75) is 18.9 Å². The van der Waals surface area contributed by atoms with Crippen molar-refractivity contribution in [1.29, 1.82) is 0 Å². The fourth-order valence-electron chi connectivity index (χ4n) is 4.58. The van der Waals surface area contributed by atoms with Gasteiger partial charge in [0.05, 0.1) is 19.9 Å². The molecule has 0 bridgehead atoms. The number of methoxy groups -OCH3 is 2. The number of Topliss-reactive ketones (excluding diaryl/α,β-unsaturated/α-hetero) is 2. The van der Waals surface area contributed by atoms with Crippen LogP contribution in [0.5, 0.6) is 17.2 Å². The van der Waals surface area contributed by atoms with E-state index < -0.39 is 11.5 Å². The van der Waals surface area contributed by atoms with E-state index in [1.54, 1.807) is 18.2 Å². The highest BCUT2D eigenvalue weighted by atomic mass is 35.5. The van der Waals surface area contributed by atoms with Gasteiger partial charge in [-0.2, -0.15) is 0 Å². The van der Waals surface area contributed by atoms with Crippen molar-refractivity contribution in [3.8, 4) is 28.5 Å². The summed E-state index contributed by atoms with van der Waals surface area (Å²) in [6, 6.07) is 14.6. The highest BCUT2D eigenvalue weighted by Crippen LogP contribution is 2.56. The maximum atomic E-state index is 14.0. The van der Waals surface area contributed by atoms with E-state index in [1.807, 2.05) is 37.3 Å². The fraction of sp³-hybridized carbons (Fsp3) is 0.240. The molecule has 2 aromatic carbocycles. The molecule has 0 N–H and O–H groups in total. The van der Waals surface area contributed by atoms with Crippen LogP contribution >= 0.6 is 11.6 Å². The van der Waals surface area contributed by atoms with Gasteiger partial charge in [-0.05, 0) is 12.1 Å². The molecule has 1 aliphatic heterocycles. The number of carbonyl (C=O) groups is 2. The van der Waals surface area contributed by atoms with Gasteiger partial charge in [-0.3, -0.25) is 9.59 Å². The Labute approximate surface area is 190 Å². The number of pyridine rings is 1. The maximum Gasteiger partial charge on any atom is 0.220 e. The van der Waals surface area contributed by atoms with Crippen molar-refractivity contribution >= 4 is 23.2 Å². The van der Waals surface area contributed by atoms with Gasteiger partial charge in [0.2, 0.25) is 11.4 Å². The molecule has 162 valence electrons. The summed E-state index contributed by atoms with van der Waals surface area (Å²) in [6.07, 6.45) is 0.149. The van der Waals surface area contributed by atoms with Gasteiger partial charge < -0.3 is 14.2 Å². The van der Waals surface area contributed by atoms with Gasteiger partial charge in [0.1, 0.15) is 27.8 Å². The number of fused-ring (bicyclic) bond motifs is 3. The standard InChI is InChI=1S/C25H20ClNO5/c1-13-11-17(28)15-9-10-16(14-7-5-4-6-8-14)27-23(15)25(13)24(29)20-18(30-2)12-19(31-3)21(26)22(20)32-25/h4-10,12-13H,11H2,1-3H3/t13-,25+/m1/s1. The Morgan fingerprint density at radius 1 is 1.06 bits per heavy atom. The van der Waals surface area contributed by atoms with E-state index in [-0.39, 0.29) is 34.3 Å². The summed E-state index contributed by atoms with van der Waals surface area (Å²) in [4.78, 5) is 31.7. The third-order valence-electron chi connectivity index (χ3n) is 6.22. The topological polar surface area (TPSA) is 74.7 Å². The summed E-state index contributed by atoms with van der Waals surface area (Å²) < 4.78 is 17.2. The second-order valence-electron chi connectivity index (χ2n) is 7.95. The van der Waals surface area contributed by atoms with Crippen LogP contribution in [0.3, 0.4) is 0 Å². The van der Waals surface area contributed by atoms with Gasteiger partial charge in [0, 0.05) is 29.5 Å². The molecule has 32 heavy (non-hydrogen) atoms. The number of nitrogens with zero attached hydrogens (tertiary/aromatic N) is 1. The molecule has 2 aliphatic rings. The first-order valence-electron chi connectivity index (χ1n) is 10.2. The van der Waals surface area contributed by atoms with Gasteiger partial charge in [0.15, 0.2) is 11.5 Å². The zero-order chi connectivity index (χ0) is 22.6. The average molecular weight is 450 g/mol. The lowest BCUT2D eigenvalue weighted by molar-refractivity contribution is 0.0194. The van der Waals surface area contributed by atoms with E-state index in [0.29, 0.717) is 28.5 Å². The molecule has 3 aromatic rings. The first kappa shape index (κ1) is 20.5. The number of rotatable bonds is 3. The molecule has 1 spiro atoms. The van der Waals surface area contributed by atoms with Gasteiger partial charge in [-0.15, -0.1) is 0 Å². The number of aromatic nitrogens is 1. The lowest BCUT2D eigenvalue weighted by Gasteiger charge is -2.37. The van der Waals surface area contributed by atoms with Crippen LogP contribution in [-0.2, 0) is 5.60 Å². The van der Waals surface area contributed by atoms with Crippen molar-refractivity contribution in [3.05, 3.63) is 70.4 Å². The lowest BCUT2D eigenvalue weighted by atomic mass is 9.71. The number of halogens is 1. The molecule has 0 saturated carbocycles. The number of hydrogen-bond donors (Lipinski definition) is 0. The van der Waals surface area contributed by atoms with Crippen LogP contribution in [0.25, 0.3) is 11.3 Å². The number of benzene rings is 2. The normalized spacial score (nSPS) is 21.2. The summed E-state index contributed by atoms with van der Waals surface area (Å²) in [5, 5.41) is 0.179. The molecule has 0 amide bonds. The van der Waals surface area contributed by atoms with Gasteiger partial charge in [-0.1, -0.05) is 48.9 Å². The second-order valence-corrected chi connectivity index (χ2v) is 8.33. The molecule has 2 atom stereocenters. The minimum absolute atomic E-state index is 0.0757. The molecular formula is C25H20ClNO5. The molecule has 0 unspecified atom stereocenters. The minimum atomic E-state index is -1.49. The number of ketones is 2. The molecule has 6 nitrogen and oxygen atoms in total. The average Bonchev–Trinajstić information content (AvgIpc) is 3.13. The predicted molar refractivity (Wildman–Crippen MR) is 119 cm³/mol. The fourth-order valence-corrected chi connectivity index (χ4v) is 4.85. The Morgan fingerprint density at radius 3 is 2.47 bits per heavy atom. The summed E-state index contributed by atoms with van der Waals surface area (Å²) in [5.41, 5.74) is 0.953. The van der Waals surface area contributed by atoms with Crippen LogP contribution in [0.1, 0.15) is 39.8 Å². The molecular weight excluding hydrogens is 430 g/mol. The van der Waals surface area contributed by atoms with E-state index in [1.165, 1.54) is 14.2 Å².